The molecular weight excluding hydrogens is 186 g/mol. The molecule has 1 aromatic carbocycles. The van der Waals surface area contributed by atoms with Crippen molar-refractivity contribution in [1.29, 1.82) is 0 Å². The predicted molar refractivity (Wildman–Crippen MR) is 54.9 cm³/mol. The van der Waals surface area contributed by atoms with E-state index in [-0.39, 0.29) is 24.6 Å². The van der Waals surface area contributed by atoms with Gasteiger partial charge in [0.2, 0.25) is 0 Å². The maximum atomic E-state index is 5.96. The number of benzene rings is 1. The number of fused-ring (bicyclic) bond motifs is 1. The van der Waals surface area contributed by atoms with E-state index in [2.05, 4.69) is 12.1 Å². The van der Waals surface area contributed by atoms with Crippen LogP contribution in [-0.4, -0.2) is 6.10 Å². The summed E-state index contributed by atoms with van der Waals surface area (Å²) in [5.74, 6) is 0. The standard InChI is InChI=1S/C10H13NO.ClH/c1-7-10(11)9-5-3-2-4-8(9)6-12-7;/h2-5,7,10H,6,11H2,1H3;1H/t7-,10-;/m0./s1. The van der Waals surface area contributed by atoms with Crippen LogP contribution in [0.4, 0.5) is 0 Å². The van der Waals surface area contributed by atoms with E-state index >= 15 is 0 Å². The van der Waals surface area contributed by atoms with E-state index in [4.69, 9.17) is 10.5 Å². The minimum absolute atomic E-state index is 0. The minimum Gasteiger partial charge on any atom is -0.372 e. The predicted octanol–water partition coefficient (Wildman–Crippen LogP) is 2.03. The highest BCUT2D eigenvalue weighted by Crippen LogP contribution is 2.26. The van der Waals surface area contributed by atoms with Gasteiger partial charge in [0, 0.05) is 0 Å². The highest BCUT2D eigenvalue weighted by atomic mass is 35.5. The lowest BCUT2D eigenvalue weighted by molar-refractivity contribution is 0.0214. The molecule has 1 aliphatic rings. The van der Waals surface area contributed by atoms with Gasteiger partial charge in [-0.15, -0.1) is 12.4 Å². The lowest BCUT2D eigenvalue weighted by atomic mass is 9.95. The number of hydrogen-bond donors (Lipinski definition) is 1. The van der Waals surface area contributed by atoms with Gasteiger partial charge in [0.05, 0.1) is 18.8 Å². The Morgan fingerprint density at radius 3 is 2.85 bits per heavy atom. The van der Waals surface area contributed by atoms with Crippen LogP contribution in [0.5, 0.6) is 0 Å². The fraction of sp³-hybridized carbons (Fsp3) is 0.400. The second-order valence-electron chi connectivity index (χ2n) is 3.24. The summed E-state index contributed by atoms with van der Waals surface area (Å²) in [4.78, 5) is 0. The average molecular weight is 200 g/mol. The molecule has 0 radical (unpaired) electrons. The van der Waals surface area contributed by atoms with Gasteiger partial charge in [-0.2, -0.15) is 0 Å². The van der Waals surface area contributed by atoms with E-state index < -0.39 is 0 Å². The molecule has 0 fully saturated rings. The molecule has 3 heteroatoms. The average Bonchev–Trinajstić information content (AvgIpc) is 2.12. The summed E-state index contributed by atoms with van der Waals surface area (Å²) in [6, 6.07) is 8.23. The van der Waals surface area contributed by atoms with Crippen molar-refractivity contribution in [3.05, 3.63) is 35.4 Å². The second-order valence-corrected chi connectivity index (χ2v) is 3.24. The molecule has 0 aromatic heterocycles. The lowest BCUT2D eigenvalue weighted by Gasteiger charge is -2.28. The van der Waals surface area contributed by atoms with Crippen LogP contribution in [0, 0.1) is 0 Å². The third kappa shape index (κ3) is 1.85. The summed E-state index contributed by atoms with van der Waals surface area (Å²) in [6.07, 6.45) is 0.139. The van der Waals surface area contributed by atoms with E-state index in [1.807, 2.05) is 19.1 Å². The SMILES string of the molecule is C[C@@H]1OCc2ccccc2[C@H]1N.Cl. The van der Waals surface area contributed by atoms with Gasteiger partial charge < -0.3 is 10.5 Å². The second kappa shape index (κ2) is 4.09. The third-order valence-corrected chi connectivity index (χ3v) is 2.42. The number of nitrogens with two attached hydrogens (primary N) is 1. The largest absolute Gasteiger partial charge is 0.372 e. The Morgan fingerprint density at radius 1 is 1.38 bits per heavy atom. The van der Waals surface area contributed by atoms with E-state index in [0.717, 1.165) is 0 Å². The maximum Gasteiger partial charge on any atom is 0.0744 e. The number of hydrogen-bond acceptors (Lipinski definition) is 2. The Balaban J connectivity index is 0.000000845. The molecule has 13 heavy (non-hydrogen) atoms. The summed E-state index contributed by atoms with van der Waals surface area (Å²) >= 11 is 0. The molecular formula is C10H14ClNO. The zero-order valence-corrected chi connectivity index (χ0v) is 8.38. The van der Waals surface area contributed by atoms with Crippen LogP contribution >= 0.6 is 12.4 Å². The number of rotatable bonds is 0. The molecule has 0 amide bonds. The van der Waals surface area contributed by atoms with Crippen LogP contribution < -0.4 is 5.73 Å². The third-order valence-electron chi connectivity index (χ3n) is 2.42. The lowest BCUT2D eigenvalue weighted by Crippen LogP contribution is -2.31. The van der Waals surface area contributed by atoms with E-state index in [1.54, 1.807) is 0 Å². The van der Waals surface area contributed by atoms with Crippen LogP contribution in [0.1, 0.15) is 24.1 Å². The Bertz CT molecular complexity index is 290. The molecule has 2 rings (SSSR count). The topological polar surface area (TPSA) is 35.2 Å². The van der Waals surface area contributed by atoms with Gasteiger partial charge >= 0.3 is 0 Å². The van der Waals surface area contributed by atoms with Crippen molar-refractivity contribution >= 4 is 12.4 Å². The molecule has 2 N–H and O–H groups in total. The molecule has 2 atom stereocenters. The number of ether oxygens (including phenoxy) is 1. The van der Waals surface area contributed by atoms with E-state index in [1.165, 1.54) is 11.1 Å². The van der Waals surface area contributed by atoms with Crippen LogP contribution in [0.15, 0.2) is 24.3 Å². The fourth-order valence-corrected chi connectivity index (χ4v) is 1.57. The molecule has 0 unspecified atom stereocenters. The minimum atomic E-state index is 0. The van der Waals surface area contributed by atoms with Gasteiger partial charge in [0.15, 0.2) is 0 Å². The first-order valence-corrected chi connectivity index (χ1v) is 4.24. The smallest absolute Gasteiger partial charge is 0.0744 e. The summed E-state index contributed by atoms with van der Waals surface area (Å²) in [5, 5.41) is 0. The van der Waals surface area contributed by atoms with E-state index in [9.17, 15) is 0 Å². The first kappa shape index (κ1) is 10.5. The summed E-state index contributed by atoms with van der Waals surface area (Å²) in [7, 11) is 0. The molecule has 0 bridgehead atoms. The first-order valence-electron chi connectivity index (χ1n) is 4.24. The van der Waals surface area contributed by atoms with Crippen molar-refractivity contribution in [1.82, 2.24) is 0 Å². The molecule has 0 saturated carbocycles. The molecule has 2 nitrogen and oxygen atoms in total. The van der Waals surface area contributed by atoms with Crippen LogP contribution in [-0.2, 0) is 11.3 Å². The summed E-state index contributed by atoms with van der Waals surface area (Å²) in [6.45, 7) is 2.71. The highest BCUT2D eigenvalue weighted by Gasteiger charge is 2.22. The Morgan fingerprint density at radius 2 is 2.08 bits per heavy atom. The van der Waals surface area contributed by atoms with Crippen LogP contribution in [0.3, 0.4) is 0 Å². The Hall–Kier alpha value is -0.570. The molecule has 0 spiro atoms. The summed E-state index contributed by atoms with van der Waals surface area (Å²) < 4.78 is 5.49. The Kier molecular flexibility index (Phi) is 3.31. The zero-order valence-electron chi connectivity index (χ0n) is 7.57. The van der Waals surface area contributed by atoms with Crippen molar-refractivity contribution < 1.29 is 4.74 Å². The van der Waals surface area contributed by atoms with Crippen molar-refractivity contribution in [2.45, 2.75) is 25.7 Å². The normalized spacial score (nSPS) is 26.0. The van der Waals surface area contributed by atoms with Crippen molar-refractivity contribution in [3.8, 4) is 0 Å². The van der Waals surface area contributed by atoms with Crippen LogP contribution in [0.25, 0.3) is 0 Å². The van der Waals surface area contributed by atoms with Gasteiger partial charge in [0.25, 0.3) is 0 Å². The van der Waals surface area contributed by atoms with Gasteiger partial charge in [-0.05, 0) is 18.1 Å². The fourth-order valence-electron chi connectivity index (χ4n) is 1.57. The molecule has 0 aliphatic carbocycles. The molecule has 0 saturated heterocycles. The number of halogens is 1. The quantitative estimate of drug-likeness (QED) is 0.694. The van der Waals surface area contributed by atoms with Gasteiger partial charge in [-0.25, -0.2) is 0 Å². The van der Waals surface area contributed by atoms with Crippen LogP contribution in [0.2, 0.25) is 0 Å². The zero-order chi connectivity index (χ0) is 8.55. The summed E-state index contributed by atoms with van der Waals surface area (Å²) in [5.41, 5.74) is 8.42. The van der Waals surface area contributed by atoms with Gasteiger partial charge in [0.1, 0.15) is 0 Å². The van der Waals surface area contributed by atoms with E-state index in [0.29, 0.717) is 6.61 Å². The Labute approximate surface area is 84.5 Å². The highest BCUT2D eigenvalue weighted by molar-refractivity contribution is 5.85. The first-order chi connectivity index (χ1) is 5.79. The van der Waals surface area contributed by atoms with Crippen molar-refractivity contribution in [2.24, 2.45) is 5.73 Å². The molecule has 1 aliphatic heterocycles. The van der Waals surface area contributed by atoms with Gasteiger partial charge in [-0.3, -0.25) is 0 Å². The van der Waals surface area contributed by atoms with Gasteiger partial charge in [-0.1, -0.05) is 24.3 Å². The molecule has 72 valence electrons. The maximum absolute atomic E-state index is 5.96. The molecule has 1 heterocycles. The van der Waals surface area contributed by atoms with Crippen molar-refractivity contribution in [3.63, 3.8) is 0 Å². The monoisotopic (exact) mass is 199 g/mol. The van der Waals surface area contributed by atoms with Crippen molar-refractivity contribution in [2.75, 3.05) is 0 Å². The molecule has 1 aromatic rings.